The number of H-pyrrole nitrogens is 1. The average Bonchev–Trinajstić information content (AvgIpc) is 2.37. The predicted octanol–water partition coefficient (Wildman–Crippen LogP) is 2.75. The molecule has 100 valence electrons. The number of phenols is 1. The third-order valence-corrected chi connectivity index (χ3v) is 3.67. The standard InChI is InChI=1S/C13H13ClN2O2S/c1-7-9(12(18)16-13(15-7)19-2)5-8-3-4-11(17)10(14)6-8/h3-4,6,17H,5H2,1-2H3,(H,15,16,18). The number of benzene rings is 1. The minimum Gasteiger partial charge on any atom is -0.506 e. The van der Waals surface area contributed by atoms with E-state index in [9.17, 15) is 9.90 Å². The van der Waals surface area contributed by atoms with Gasteiger partial charge in [0.2, 0.25) is 0 Å². The third kappa shape index (κ3) is 3.11. The third-order valence-electron chi connectivity index (χ3n) is 2.79. The molecule has 0 atom stereocenters. The van der Waals surface area contributed by atoms with E-state index in [2.05, 4.69) is 9.97 Å². The fourth-order valence-corrected chi connectivity index (χ4v) is 2.38. The van der Waals surface area contributed by atoms with E-state index in [0.717, 1.165) is 5.56 Å². The highest BCUT2D eigenvalue weighted by Crippen LogP contribution is 2.24. The second-order valence-corrected chi connectivity index (χ2v) is 5.30. The summed E-state index contributed by atoms with van der Waals surface area (Å²) in [7, 11) is 0. The first-order chi connectivity index (χ1) is 9.01. The number of nitrogens with zero attached hydrogens (tertiary/aromatic N) is 1. The number of nitrogens with one attached hydrogen (secondary N) is 1. The molecular weight excluding hydrogens is 284 g/mol. The molecule has 0 aliphatic heterocycles. The number of thioether (sulfide) groups is 1. The van der Waals surface area contributed by atoms with Crippen molar-refractivity contribution < 1.29 is 5.11 Å². The van der Waals surface area contributed by atoms with Crippen LogP contribution in [0.5, 0.6) is 5.75 Å². The summed E-state index contributed by atoms with van der Waals surface area (Å²) in [6, 6.07) is 4.91. The van der Waals surface area contributed by atoms with Gasteiger partial charge in [0.25, 0.3) is 5.56 Å². The minimum absolute atomic E-state index is 0.0342. The summed E-state index contributed by atoms with van der Waals surface area (Å²) in [5.74, 6) is 0.0342. The van der Waals surface area contributed by atoms with Gasteiger partial charge in [0.15, 0.2) is 5.16 Å². The zero-order valence-electron chi connectivity index (χ0n) is 10.5. The van der Waals surface area contributed by atoms with Gasteiger partial charge < -0.3 is 10.1 Å². The van der Waals surface area contributed by atoms with Crippen LogP contribution in [-0.4, -0.2) is 21.3 Å². The van der Waals surface area contributed by atoms with Gasteiger partial charge in [-0.2, -0.15) is 0 Å². The van der Waals surface area contributed by atoms with E-state index < -0.39 is 0 Å². The summed E-state index contributed by atoms with van der Waals surface area (Å²) in [4.78, 5) is 19.0. The number of aromatic nitrogens is 2. The fraction of sp³-hybridized carbons (Fsp3) is 0.231. The van der Waals surface area contributed by atoms with Crippen LogP contribution in [-0.2, 0) is 6.42 Å². The van der Waals surface area contributed by atoms with Crippen molar-refractivity contribution in [2.75, 3.05) is 6.26 Å². The molecule has 2 N–H and O–H groups in total. The Morgan fingerprint density at radius 3 is 2.79 bits per heavy atom. The molecule has 0 amide bonds. The summed E-state index contributed by atoms with van der Waals surface area (Å²) in [6.07, 6.45) is 2.29. The van der Waals surface area contributed by atoms with E-state index in [1.165, 1.54) is 17.8 Å². The molecule has 0 unspecified atom stereocenters. The molecule has 19 heavy (non-hydrogen) atoms. The Labute approximate surface area is 119 Å². The minimum atomic E-state index is -0.138. The van der Waals surface area contributed by atoms with Crippen molar-refractivity contribution in [3.8, 4) is 5.75 Å². The van der Waals surface area contributed by atoms with Crippen LogP contribution in [0.2, 0.25) is 5.02 Å². The summed E-state index contributed by atoms with van der Waals surface area (Å²) in [5.41, 5.74) is 2.04. The number of hydrogen-bond donors (Lipinski definition) is 2. The Hall–Kier alpha value is -1.46. The van der Waals surface area contributed by atoms with Crippen molar-refractivity contribution in [3.05, 3.63) is 50.4 Å². The Morgan fingerprint density at radius 2 is 2.21 bits per heavy atom. The molecular formula is C13H13ClN2O2S. The quantitative estimate of drug-likeness (QED) is 0.675. The molecule has 4 nitrogen and oxygen atoms in total. The molecule has 2 rings (SSSR count). The lowest BCUT2D eigenvalue weighted by molar-refractivity contribution is 0.475. The highest BCUT2D eigenvalue weighted by molar-refractivity contribution is 7.98. The average molecular weight is 297 g/mol. The van der Waals surface area contributed by atoms with Crippen molar-refractivity contribution in [2.24, 2.45) is 0 Å². The molecule has 0 spiro atoms. The van der Waals surface area contributed by atoms with Gasteiger partial charge in [-0.3, -0.25) is 4.79 Å². The van der Waals surface area contributed by atoms with Gasteiger partial charge in [0.1, 0.15) is 5.75 Å². The zero-order valence-corrected chi connectivity index (χ0v) is 12.1. The maximum Gasteiger partial charge on any atom is 0.255 e. The second-order valence-electron chi connectivity index (χ2n) is 4.10. The van der Waals surface area contributed by atoms with E-state index in [1.807, 2.05) is 13.2 Å². The Morgan fingerprint density at radius 1 is 1.47 bits per heavy atom. The number of aromatic hydroxyl groups is 1. The van der Waals surface area contributed by atoms with Crippen molar-refractivity contribution in [1.82, 2.24) is 9.97 Å². The lowest BCUT2D eigenvalue weighted by Gasteiger charge is -2.07. The highest BCUT2D eigenvalue weighted by Gasteiger charge is 2.10. The smallest absolute Gasteiger partial charge is 0.255 e. The SMILES string of the molecule is CSc1nc(C)c(Cc2ccc(O)c(Cl)c2)c(=O)[nH]1. The largest absolute Gasteiger partial charge is 0.506 e. The monoisotopic (exact) mass is 296 g/mol. The van der Waals surface area contributed by atoms with Crippen LogP contribution in [0.1, 0.15) is 16.8 Å². The van der Waals surface area contributed by atoms with Crippen LogP contribution in [0.3, 0.4) is 0 Å². The maximum atomic E-state index is 12.0. The molecule has 0 fully saturated rings. The van der Waals surface area contributed by atoms with Crippen LogP contribution >= 0.6 is 23.4 Å². The molecule has 1 aromatic heterocycles. The first kappa shape index (κ1) is 14.0. The normalized spacial score (nSPS) is 10.7. The molecule has 0 saturated heterocycles. The lowest BCUT2D eigenvalue weighted by Crippen LogP contribution is -2.17. The summed E-state index contributed by atoms with van der Waals surface area (Å²) in [5, 5.41) is 10.3. The van der Waals surface area contributed by atoms with E-state index >= 15 is 0 Å². The lowest BCUT2D eigenvalue weighted by atomic mass is 10.1. The summed E-state index contributed by atoms with van der Waals surface area (Å²) < 4.78 is 0. The van der Waals surface area contributed by atoms with Gasteiger partial charge in [0.05, 0.1) is 5.02 Å². The fourth-order valence-electron chi connectivity index (χ4n) is 1.75. The van der Waals surface area contributed by atoms with E-state index in [1.54, 1.807) is 12.1 Å². The molecule has 6 heteroatoms. The van der Waals surface area contributed by atoms with Crippen molar-refractivity contribution in [3.63, 3.8) is 0 Å². The van der Waals surface area contributed by atoms with Gasteiger partial charge in [-0.1, -0.05) is 29.4 Å². The predicted molar refractivity (Wildman–Crippen MR) is 77.3 cm³/mol. The molecule has 0 saturated carbocycles. The van der Waals surface area contributed by atoms with E-state index in [0.29, 0.717) is 22.8 Å². The van der Waals surface area contributed by atoms with Crippen molar-refractivity contribution in [2.45, 2.75) is 18.5 Å². The summed E-state index contributed by atoms with van der Waals surface area (Å²) >= 11 is 7.25. The first-order valence-corrected chi connectivity index (χ1v) is 7.22. The Kier molecular flexibility index (Phi) is 4.17. The molecule has 2 aromatic rings. The zero-order chi connectivity index (χ0) is 14.0. The number of rotatable bonds is 3. The second kappa shape index (κ2) is 5.67. The van der Waals surface area contributed by atoms with Gasteiger partial charge in [-0.05, 0) is 30.9 Å². The van der Waals surface area contributed by atoms with Crippen LogP contribution in [0, 0.1) is 6.92 Å². The Bertz CT molecular complexity index is 670. The molecule has 1 heterocycles. The number of phenolic OH excluding ortho intramolecular Hbond substituents is 1. The van der Waals surface area contributed by atoms with Crippen LogP contribution in [0.4, 0.5) is 0 Å². The van der Waals surface area contributed by atoms with Crippen LogP contribution in [0.15, 0.2) is 28.2 Å². The van der Waals surface area contributed by atoms with Gasteiger partial charge in [-0.25, -0.2) is 4.98 Å². The highest BCUT2D eigenvalue weighted by atomic mass is 35.5. The van der Waals surface area contributed by atoms with Gasteiger partial charge in [0, 0.05) is 17.7 Å². The van der Waals surface area contributed by atoms with Crippen LogP contribution in [0.25, 0.3) is 0 Å². The number of halogens is 1. The van der Waals surface area contributed by atoms with E-state index in [-0.39, 0.29) is 16.3 Å². The molecule has 0 aliphatic rings. The topological polar surface area (TPSA) is 66.0 Å². The molecule has 0 radical (unpaired) electrons. The number of aromatic amines is 1. The first-order valence-electron chi connectivity index (χ1n) is 5.62. The van der Waals surface area contributed by atoms with Crippen molar-refractivity contribution >= 4 is 23.4 Å². The van der Waals surface area contributed by atoms with Crippen molar-refractivity contribution in [1.29, 1.82) is 0 Å². The number of aryl methyl sites for hydroxylation is 1. The molecule has 0 bridgehead atoms. The van der Waals surface area contributed by atoms with Gasteiger partial charge >= 0.3 is 0 Å². The van der Waals surface area contributed by atoms with Crippen LogP contribution < -0.4 is 5.56 Å². The maximum absolute atomic E-state index is 12.0. The van der Waals surface area contributed by atoms with E-state index in [4.69, 9.17) is 11.6 Å². The Balaban J connectivity index is 2.38. The number of hydrogen-bond acceptors (Lipinski definition) is 4. The molecule has 0 aliphatic carbocycles. The summed E-state index contributed by atoms with van der Waals surface area (Å²) in [6.45, 7) is 1.81. The molecule has 1 aromatic carbocycles. The van der Waals surface area contributed by atoms with Gasteiger partial charge in [-0.15, -0.1) is 0 Å².